The van der Waals surface area contributed by atoms with E-state index in [0.29, 0.717) is 15.5 Å². The number of nitrogens with one attached hydrogen (secondary N) is 2. The molecule has 3 aromatic carbocycles. The predicted octanol–water partition coefficient (Wildman–Crippen LogP) is 5.41. The fraction of sp³-hybridized carbons (Fsp3) is 0.172. The number of carbonyl (C=O) groups is 3. The van der Waals surface area contributed by atoms with Crippen LogP contribution in [0.4, 0.5) is 28.9 Å². The zero-order valence-electron chi connectivity index (χ0n) is 21.7. The first kappa shape index (κ1) is 28.7. The van der Waals surface area contributed by atoms with Crippen LogP contribution in [0.2, 0.25) is 0 Å². The van der Waals surface area contributed by atoms with Crippen molar-refractivity contribution < 1.29 is 36.7 Å². The first-order chi connectivity index (χ1) is 20.5. The molecule has 6 rings (SSSR count). The SMILES string of the molecule is O=C(COc1ccccc1C1c2sc(=O)[nH]c2SC2C(=O)N(c3ccc(F)cc3)C(=O)C21)Nc1cccc(C(F)(F)F)c1. The van der Waals surface area contributed by atoms with Crippen LogP contribution in [0.15, 0.2) is 82.6 Å². The smallest absolute Gasteiger partial charge is 0.416 e. The quantitative estimate of drug-likeness (QED) is 0.218. The summed E-state index contributed by atoms with van der Waals surface area (Å²) in [5.74, 6) is -3.90. The van der Waals surface area contributed by atoms with E-state index in [1.807, 2.05) is 0 Å². The van der Waals surface area contributed by atoms with Crippen LogP contribution in [0.25, 0.3) is 0 Å². The van der Waals surface area contributed by atoms with Gasteiger partial charge in [0, 0.05) is 22.0 Å². The van der Waals surface area contributed by atoms with Gasteiger partial charge in [-0.15, -0.1) is 0 Å². The summed E-state index contributed by atoms with van der Waals surface area (Å²) in [6, 6.07) is 15.6. The third-order valence-corrected chi connectivity index (χ3v) is 9.40. The van der Waals surface area contributed by atoms with Crippen molar-refractivity contribution in [2.75, 3.05) is 16.8 Å². The molecule has 1 fully saturated rings. The van der Waals surface area contributed by atoms with Crippen LogP contribution in [-0.2, 0) is 20.6 Å². The van der Waals surface area contributed by atoms with E-state index < -0.39 is 59.0 Å². The van der Waals surface area contributed by atoms with Crippen LogP contribution in [0.3, 0.4) is 0 Å². The molecule has 3 atom stereocenters. The molecule has 14 heteroatoms. The molecule has 0 aliphatic carbocycles. The van der Waals surface area contributed by atoms with Crippen LogP contribution in [0.1, 0.15) is 21.9 Å². The van der Waals surface area contributed by atoms with E-state index in [2.05, 4.69) is 10.3 Å². The molecular formula is C29H19F4N3O5S2. The molecule has 43 heavy (non-hydrogen) atoms. The van der Waals surface area contributed by atoms with Crippen molar-refractivity contribution in [1.82, 2.24) is 4.98 Å². The molecule has 0 saturated carbocycles. The molecule has 8 nitrogen and oxygen atoms in total. The Labute approximate surface area is 248 Å². The molecule has 1 aromatic heterocycles. The Morgan fingerprint density at radius 1 is 0.977 bits per heavy atom. The molecule has 0 bridgehead atoms. The summed E-state index contributed by atoms with van der Waals surface area (Å²) in [5.41, 5.74) is -0.351. The minimum absolute atomic E-state index is 0.0680. The second kappa shape index (κ2) is 11.0. The number of carbonyl (C=O) groups excluding carboxylic acids is 3. The van der Waals surface area contributed by atoms with Crippen LogP contribution in [-0.4, -0.2) is 34.6 Å². The normalized spacial score (nSPS) is 19.6. The summed E-state index contributed by atoms with van der Waals surface area (Å²) >= 11 is 1.96. The highest BCUT2D eigenvalue weighted by atomic mass is 32.2. The van der Waals surface area contributed by atoms with Crippen LogP contribution in [0.5, 0.6) is 5.75 Å². The zero-order chi connectivity index (χ0) is 30.5. The first-order valence-electron chi connectivity index (χ1n) is 12.7. The first-order valence-corrected chi connectivity index (χ1v) is 14.4. The number of aromatic amines is 1. The largest absolute Gasteiger partial charge is 0.483 e. The molecule has 2 N–H and O–H groups in total. The van der Waals surface area contributed by atoms with Gasteiger partial charge < -0.3 is 15.0 Å². The van der Waals surface area contributed by atoms with Gasteiger partial charge in [-0.25, -0.2) is 9.29 Å². The molecule has 3 amide bonds. The lowest BCUT2D eigenvalue weighted by Gasteiger charge is -2.30. The zero-order valence-corrected chi connectivity index (χ0v) is 23.3. The number of thioether (sulfide) groups is 1. The van der Waals surface area contributed by atoms with Crippen LogP contribution in [0, 0.1) is 11.7 Å². The topological polar surface area (TPSA) is 109 Å². The number of rotatable bonds is 6. The second-order valence-corrected chi connectivity index (χ2v) is 11.9. The van der Waals surface area contributed by atoms with E-state index in [1.165, 1.54) is 24.3 Å². The van der Waals surface area contributed by atoms with Gasteiger partial charge in [0.05, 0.1) is 22.2 Å². The Morgan fingerprint density at radius 3 is 2.47 bits per heavy atom. The van der Waals surface area contributed by atoms with Gasteiger partial charge in [0.15, 0.2) is 6.61 Å². The van der Waals surface area contributed by atoms with E-state index in [4.69, 9.17) is 4.74 Å². The molecule has 3 heterocycles. The number of hydrogen-bond acceptors (Lipinski definition) is 7. The molecule has 2 aliphatic heterocycles. The van der Waals surface area contributed by atoms with Gasteiger partial charge >= 0.3 is 11.0 Å². The molecule has 3 unspecified atom stereocenters. The number of anilines is 2. The third kappa shape index (κ3) is 5.43. The number of aromatic nitrogens is 1. The number of fused-ring (bicyclic) bond motifs is 2. The number of ether oxygens (including phenoxy) is 1. The standard InChI is InChI=1S/C29H19F4N3O5S2/c30-15-8-10-17(11-9-15)36-26(38)22-21(23-25(35-28(40)43-23)42-24(22)27(36)39)18-6-1-2-7-19(18)41-13-20(37)34-16-5-3-4-14(12-16)29(31,32)33/h1-12,21-22,24H,13H2,(H,34,37)(H,35,40). The Kier molecular flexibility index (Phi) is 7.34. The number of alkyl halides is 3. The lowest BCUT2D eigenvalue weighted by atomic mass is 9.82. The van der Waals surface area contributed by atoms with Gasteiger partial charge in [-0.3, -0.25) is 19.2 Å². The summed E-state index contributed by atoms with van der Waals surface area (Å²) < 4.78 is 58.6. The van der Waals surface area contributed by atoms with Gasteiger partial charge in [0.1, 0.15) is 16.8 Å². The number of benzene rings is 3. The van der Waals surface area contributed by atoms with Gasteiger partial charge in [-0.2, -0.15) is 13.2 Å². The lowest BCUT2D eigenvalue weighted by molar-refractivity contribution is -0.137. The number of amides is 3. The lowest BCUT2D eigenvalue weighted by Crippen LogP contribution is -2.32. The van der Waals surface area contributed by atoms with Crippen molar-refractivity contribution in [3.8, 4) is 5.75 Å². The van der Waals surface area contributed by atoms with Crippen LogP contribution < -0.4 is 19.8 Å². The van der Waals surface area contributed by atoms with Crippen molar-refractivity contribution in [2.45, 2.75) is 22.4 Å². The molecular weight excluding hydrogens is 610 g/mol. The van der Waals surface area contributed by atoms with Crippen molar-refractivity contribution >= 4 is 52.2 Å². The van der Waals surface area contributed by atoms with Crippen molar-refractivity contribution in [2.24, 2.45) is 5.92 Å². The average molecular weight is 630 g/mol. The Balaban J connectivity index is 1.30. The van der Waals surface area contributed by atoms with E-state index in [9.17, 15) is 36.7 Å². The van der Waals surface area contributed by atoms with Crippen LogP contribution >= 0.6 is 23.1 Å². The maximum absolute atomic E-state index is 13.8. The molecule has 220 valence electrons. The fourth-order valence-corrected chi connectivity index (χ4v) is 7.69. The number of para-hydroxylation sites is 1. The summed E-state index contributed by atoms with van der Waals surface area (Å²) in [6.07, 6.45) is -4.58. The Hall–Kier alpha value is -4.43. The van der Waals surface area contributed by atoms with E-state index in [-0.39, 0.29) is 22.0 Å². The molecule has 0 spiro atoms. The maximum atomic E-state index is 13.8. The monoisotopic (exact) mass is 629 g/mol. The maximum Gasteiger partial charge on any atom is 0.416 e. The number of nitrogens with zero attached hydrogens (tertiary/aromatic N) is 1. The van der Waals surface area contributed by atoms with E-state index in [1.54, 1.807) is 24.3 Å². The minimum atomic E-state index is -4.58. The molecule has 1 saturated heterocycles. The highest BCUT2D eigenvalue weighted by molar-refractivity contribution is 8.00. The van der Waals surface area contributed by atoms with Gasteiger partial charge in [0.2, 0.25) is 11.8 Å². The molecule has 2 aliphatic rings. The summed E-state index contributed by atoms with van der Waals surface area (Å²) in [7, 11) is 0. The van der Waals surface area contributed by atoms with Gasteiger partial charge in [-0.05, 0) is 48.5 Å². The third-order valence-electron chi connectivity index (χ3n) is 7.00. The fourth-order valence-electron chi connectivity index (χ4n) is 5.18. The predicted molar refractivity (Wildman–Crippen MR) is 151 cm³/mol. The Morgan fingerprint density at radius 2 is 1.72 bits per heavy atom. The van der Waals surface area contributed by atoms with Crippen molar-refractivity contribution in [3.05, 3.63) is 104 Å². The van der Waals surface area contributed by atoms with E-state index >= 15 is 0 Å². The van der Waals surface area contributed by atoms with Crippen molar-refractivity contribution in [1.29, 1.82) is 0 Å². The Bertz CT molecular complexity index is 1800. The molecule has 0 radical (unpaired) electrons. The van der Waals surface area contributed by atoms with Gasteiger partial charge in [-0.1, -0.05) is 47.4 Å². The second-order valence-electron chi connectivity index (χ2n) is 9.69. The summed E-state index contributed by atoms with van der Waals surface area (Å²) in [5, 5.41) is 1.90. The number of hydrogen-bond donors (Lipinski definition) is 2. The number of H-pyrrole nitrogens is 1. The number of imide groups is 1. The molecule has 4 aromatic rings. The minimum Gasteiger partial charge on any atom is -0.483 e. The number of thiazole rings is 1. The highest BCUT2D eigenvalue weighted by Crippen LogP contribution is 2.54. The summed E-state index contributed by atoms with van der Waals surface area (Å²) in [6.45, 7) is -0.576. The van der Waals surface area contributed by atoms with E-state index in [0.717, 1.165) is 52.3 Å². The average Bonchev–Trinajstić information content (AvgIpc) is 3.46. The highest BCUT2D eigenvalue weighted by Gasteiger charge is 2.56. The van der Waals surface area contributed by atoms with Gasteiger partial charge in [0.25, 0.3) is 5.91 Å². The van der Waals surface area contributed by atoms with Crippen molar-refractivity contribution in [3.63, 3.8) is 0 Å². The summed E-state index contributed by atoms with van der Waals surface area (Å²) in [4.78, 5) is 56.3. The number of halogens is 4.